The number of nitrogens with zero attached hydrogens (tertiary/aromatic N) is 3. The minimum atomic E-state index is 0.289. The van der Waals surface area contributed by atoms with Crippen LogP contribution in [0.1, 0.15) is 15.9 Å². The maximum atomic E-state index is 11.0. The van der Waals surface area contributed by atoms with Gasteiger partial charge in [0.15, 0.2) is 6.29 Å². The third-order valence-electron chi connectivity index (χ3n) is 3.14. The molecule has 0 aliphatic heterocycles. The Bertz CT molecular complexity index is 788. The topological polar surface area (TPSA) is 57.0 Å². The van der Waals surface area contributed by atoms with E-state index in [1.807, 2.05) is 12.1 Å². The van der Waals surface area contributed by atoms with E-state index in [-0.39, 0.29) is 6.61 Å². The zero-order valence-electron chi connectivity index (χ0n) is 11.5. The predicted molar refractivity (Wildman–Crippen MR) is 82.5 cm³/mol. The summed E-state index contributed by atoms with van der Waals surface area (Å²) in [6, 6.07) is 12.5. The van der Waals surface area contributed by atoms with E-state index in [2.05, 4.69) is 10.1 Å². The second kappa shape index (κ2) is 6.41. The van der Waals surface area contributed by atoms with Gasteiger partial charge in [0.2, 0.25) is 0 Å². The number of aromatic nitrogens is 3. The Hall–Kier alpha value is -2.66. The second-order valence-electron chi connectivity index (χ2n) is 4.56. The number of para-hydroxylation sites is 1. The molecule has 5 nitrogen and oxygen atoms in total. The van der Waals surface area contributed by atoms with E-state index >= 15 is 0 Å². The highest BCUT2D eigenvalue weighted by Crippen LogP contribution is 2.22. The van der Waals surface area contributed by atoms with Crippen LogP contribution in [0.25, 0.3) is 5.69 Å². The van der Waals surface area contributed by atoms with Gasteiger partial charge in [0.25, 0.3) is 0 Å². The Morgan fingerprint density at radius 2 is 2.09 bits per heavy atom. The Balaban J connectivity index is 1.88. The van der Waals surface area contributed by atoms with Crippen LogP contribution in [0.15, 0.2) is 55.1 Å². The number of hydrogen-bond acceptors (Lipinski definition) is 4. The highest BCUT2D eigenvalue weighted by molar-refractivity contribution is 6.30. The Kier molecular flexibility index (Phi) is 4.16. The molecule has 0 saturated carbocycles. The second-order valence-corrected chi connectivity index (χ2v) is 4.99. The molecule has 3 rings (SSSR count). The summed E-state index contributed by atoms with van der Waals surface area (Å²) in [7, 11) is 0. The van der Waals surface area contributed by atoms with Crippen LogP contribution in [0.3, 0.4) is 0 Å². The van der Waals surface area contributed by atoms with Gasteiger partial charge >= 0.3 is 0 Å². The van der Waals surface area contributed by atoms with Crippen LogP contribution in [-0.4, -0.2) is 21.1 Å². The van der Waals surface area contributed by atoms with E-state index in [1.165, 1.54) is 6.33 Å². The van der Waals surface area contributed by atoms with Gasteiger partial charge in [-0.3, -0.25) is 4.79 Å². The zero-order valence-corrected chi connectivity index (χ0v) is 12.3. The summed E-state index contributed by atoms with van der Waals surface area (Å²) in [4.78, 5) is 15.0. The number of carbonyl (C=O) groups is 1. The van der Waals surface area contributed by atoms with Crippen molar-refractivity contribution in [1.82, 2.24) is 14.8 Å². The van der Waals surface area contributed by atoms with Crippen molar-refractivity contribution < 1.29 is 9.53 Å². The molecule has 0 N–H and O–H groups in total. The smallest absolute Gasteiger partial charge is 0.153 e. The minimum Gasteiger partial charge on any atom is -0.488 e. The third kappa shape index (κ3) is 2.99. The molecule has 1 heterocycles. The van der Waals surface area contributed by atoms with Crippen molar-refractivity contribution in [2.45, 2.75) is 6.61 Å². The van der Waals surface area contributed by atoms with Gasteiger partial charge in [-0.1, -0.05) is 29.8 Å². The lowest BCUT2D eigenvalue weighted by atomic mass is 10.2. The zero-order chi connectivity index (χ0) is 15.4. The number of halogens is 1. The number of benzene rings is 2. The average molecular weight is 314 g/mol. The molecule has 0 aliphatic carbocycles. The first-order chi connectivity index (χ1) is 10.8. The molecular weight excluding hydrogens is 302 g/mol. The van der Waals surface area contributed by atoms with Crippen LogP contribution in [0.4, 0.5) is 0 Å². The molecule has 0 unspecified atom stereocenters. The van der Waals surface area contributed by atoms with Crippen LogP contribution in [0.5, 0.6) is 5.75 Å². The first kappa shape index (κ1) is 14.3. The maximum Gasteiger partial charge on any atom is 0.153 e. The Labute approximate surface area is 132 Å². The van der Waals surface area contributed by atoms with Gasteiger partial charge in [0.05, 0.1) is 11.3 Å². The minimum absolute atomic E-state index is 0.289. The molecule has 0 amide bonds. The van der Waals surface area contributed by atoms with Crippen LogP contribution in [0.2, 0.25) is 5.02 Å². The largest absolute Gasteiger partial charge is 0.488 e. The summed E-state index contributed by atoms with van der Waals surface area (Å²) in [5.41, 5.74) is 2.18. The van der Waals surface area contributed by atoms with Gasteiger partial charge in [0, 0.05) is 10.6 Å². The van der Waals surface area contributed by atoms with E-state index in [4.69, 9.17) is 16.3 Å². The molecule has 2 aromatic carbocycles. The first-order valence-electron chi connectivity index (χ1n) is 6.58. The summed E-state index contributed by atoms with van der Waals surface area (Å²) in [5.74, 6) is 0.539. The van der Waals surface area contributed by atoms with Crippen molar-refractivity contribution in [3.63, 3.8) is 0 Å². The summed E-state index contributed by atoms with van der Waals surface area (Å²) in [5, 5.41) is 4.71. The fourth-order valence-electron chi connectivity index (χ4n) is 2.07. The van der Waals surface area contributed by atoms with Gasteiger partial charge in [-0.15, -0.1) is 0 Å². The Morgan fingerprint density at radius 1 is 1.23 bits per heavy atom. The van der Waals surface area contributed by atoms with Gasteiger partial charge in [-0.2, -0.15) is 5.10 Å². The summed E-state index contributed by atoms with van der Waals surface area (Å²) in [6.07, 6.45) is 3.82. The molecule has 110 valence electrons. The lowest BCUT2D eigenvalue weighted by Crippen LogP contribution is -2.04. The summed E-state index contributed by atoms with van der Waals surface area (Å²) in [6.45, 7) is 0.289. The highest BCUT2D eigenvalue weighted by Gasteiger charge is 2.09. The monoisotopic (exact) mass is 313 g/mol. The van der Waals surface area contributed by atoms with Gasteiger partial charge in [-0.05, 0) is 24.3 Å². The third-order valence-corrected chi connectivity index (χ3v) is 3.38. The SMILES string of the molecule is O=Cc1ccccc1OCc1ccc(Cl)cc1-n1cncn1. The van der Waals surface area contributed by atoms with E-state index in [1.54, 1.807) is 41.3 Å². The average Bonchev–Trinajstić information content (AvgIpc) is 3.08. The number of hydrogen-bond donors (Lipinski definition) is 0. The fraction of sp³-hybridized carbons (Fsp3) is 0.0625. The first-order valence-corrected chi connectivity index (χ1v) is 6.96. The molecule has 3 aromatic rings. The van der Waals surface area contributed by atoms with Crippen molar-refractivity contribution in [3.05, 3.63) is 71.3 Å². The van der Waals surface area contributed by atoms with Crippen molar-refractivity contribution >= 4 is 17.9 Å². The van der Waals surface area contributed by atoms with Gasteiger partial charge in [0.1, 0.15) is 25.0 Å². The molecule has 22 heavy (non-hydrogen) atoms. The Morgan fingerprint density at radius 3 is 2.86 bits per heavy atom. The molecule has 0 aliphatic rings. The number of rotatable bonds is 5. The molecule has 0 spiro atoms. The number of ether oxygens (including phenoxy) is 1. The van der Waals surface area contributed by atoms with Crippen LogP contribution in [0, 0.1) is 0 Å². The lowest BCUT2D eigenvalue weighted by molar-refractivity contribution is 0.111. The molecule has 0 atom stereocenters. The standard InChI is InChI=1S/C16H12ClN3O2/c17-14-6-5-13(15(7-14)20-11-18-10-19-20)9-22-16-4-2-1-3-12(16)8-21/h1-8,10-11H,9H2. The molecule has 0 radical (unpaired) electrons. The van der Waals surface area contributed by atoms with Crippen molar-refractivity contribution in [1.29, 1.82) is 0 Å². The highest BCUT2D eigenvalue weighted by atomic mass is 35.5. The van der Waals surface area contributed by atoms with Gasteiger partial charge < -0.3 is 4.74 Å². The van der Waals surface area contributed by atoms with Gasteiger partial charge in [-0.25, -0.2) is 9.67 Å². The fourth-order valence-corrected chi connectivity index (χ4v) is 2.24. The van der Waals surface area contributed by atoms with E-state index < -0.39 is 0 Å². The maximum absolute atomic E-state index is 11.0. The predicted octanol–water partition coefficient (Wildman–Crippen LogP) is 3.31. The molecule has 0 bridgehead atoms. The van der Waals surface area contributed by atoms with Crippen molar-refractivity contribution in [3.8, 4) is 11.4 Å². The van der Waals surface area contributed by atoms with E-state index in [0.717, 1.165) is 17.5 Å². The normalized spacial score (nSPS) is 10.4. The molecular formula is C16H12ClN3O2. The van der Waals surface area contributed by atoms with Crippen molar-refractivity contribution in [2.75, 3.05) is 0 Å². The summed E-state index contributed by atoms with van der Waals surface area (Å²) < 4.78 is 7.38. The van der Waals surface area contributed by atoms with Crippen LogP contribution < -0.4 is 4.74 Å². The number of aldehydes is 1. The van der Waals surface area contributed by atoms with E-state index in [9.17, 15) is 4.79 Å². The lowest BCUT2D eigenvalue weighted by Gasteiger charge is -2.12. The molecule has 0 saturated heterocycles. The van der Waals surface area contributed by atoms with Crippen LogP contribution in [-0.2, 0) is 6.61 Å². The molecule has 1 aromatic heterocycles. The summed E-state index contributed by atoms with van der Waals surface area (Å²) >= 11 is 6.05. The van der Waals surface area contributed by atoms with Crippen molar-refractivity contribution in [2.24, 2.45) is 0 Å². The van der Waals surface area contributed by atoms with E-state index in [0.29, 0.717) is 16.3 Å². The van der Waals surface area contributed by atoms with Crippen LogP contribution >= 0.6 is 11.6 Å². The molecule has 0 fully saturated rings. The number of carbonyl (C=O) groups excluding carboxylic acids is 1. The molecule has 6 heteroatoms. The quantitative estimate of drug-likeness (QED) is 0.678.